The molecule has 24 heavy (non-hydrogen) atoms. The number of aromatic amines is 1. The number of hydrogen-bond donors (Lipinski definition) is 1. The highest BCUT2D eigenvalue weighted by atomic mass is 16.5. The van der Waals surface area contributed by atoms with Gasteiger partial charge in [0.1, 0.15) is 5.69 Å². The molecule has 2 heterocycles. The third kappa shape index (κ3) is 2.66. The van der Waals surface area contributed by atoms with Gasteiger partial charge in [0.25, 0.3) is 0 Å². The molecule has 6 nitrogen and oxygen atoms in total. The molecule has 0 radical (unpaired) electrons. The lowest BCUT2D eigenvalue weighted by Crippen LogP contribution is -2.45. The zero-order valence-electron chi connectivity index (χ0n) is 14.9. The maximum absolute atomic E-state index is 12.0. The predicted octanol–water partition coefficient (Wildman–Crippen LogP) is 3.37. The van der Waals surface area contributed by atoms with Gasteiger partial charge in [-0.2, -0.15) is 10.3 Å². The van der Waals surface area contributed by atoms with E-state index in [1.165, 1.54) is 11.3 Å². The summed E-state index contributed by atoms with van der Waals surface area (Å²) < 4.78 is 5.06. The van der Waals surface area contributed by atoms with Crippen molar-refractivity contribution >= 4 is 11.7 Å². The Morgan fingerprint density at radius 1 is 1.42 bits per heavy atom. The maximum Gasteiger partial charge on any atom is 0.361 e. The second-order valence-corrected chi connectivity index (χ2v) is 6.99. The summed E-state index contributed by atoms with van der Waals surface area (Å²) in [5, 5.41) is 10.7. The number of H-pyrrole nitrogens is 1. The SMILES string of the molecule is CCOC(=O)c1n[nH]nc1-c1ccc2c(c1)C(C)CC(C)(C)N2C. The van der Waals surface area contributed by atoms with Gasteiger partial charge in [0.2, 0.25) is 0 Å². The van der Waals surface area contributed by atoms with Crippen molar-refractivity contribution < 1.29 is 9.53 Å². The molecule has 1 aliphatic heterocycles. The van der Waals surface area contributed by atoms with E-state index in [9.17, 15) is 4.79 Å². The van der Waals surface area contributed by atoms with Gasteiger partial charge in [-0.05, 0) is 50.8 Å². The van der Waals surface area contributed by atoms with Crippen molar-refractivity contribution in [1.29, 1.82) is 0 Å². The number of rotatable bonds is 3. The standard InChI is InChI=1S/C18H24N4O2/c1-6-24-17(23)16-15(19-21-20-16)12-7-8-14-13(9-12)11(2)10-18(3,4)22(14)5/h7-9,11H,6,10H2,1-5H3,(H,19,20,21). The van der Waals surface area contributed by atoms with Crippen LogP contribution in [0.25, 0.3) is 11.3 Å². The third-order valence-electron chi connectivity index (χ3n) is 4.92. The van der Waals surface area contributed by atoms with Gasteiger partial charge in [0.15, 0.2) is 5.69 Å². The molecule has 128 valence electrons. The van der Waals surface area contributed by atoms with Crippen molar-refractivity contribution in [1.82, 2.24) is 15.4 Å². The number of carbonyl (C=O) groups excluding carboxylic acids is 1. The minimum atomic E-state index is -0.453. The van der Waals surface area contributed by atoms with Crippen LogP contribution in [0.15, 0.2) is 18.2 Å². The molecule has 1 atom stereocenters. The van der Waals surface area contributed by atoms with Gasteiger partial charge in [0, 0.05) is 23.8 Å². The van der Waals surface area contributed by atoms with E-state index in [0.717, 1.165) is 12.0 Å². The normalized spacial score (nSPS) is 19.0. The minimum absolute atomic E-state index is 0.123. The van der Waals surface area contributed by atoms with Gasteiger partial charge in [-0.25, -0.2) is 4.79 Å². The fraction of sp³-hybridized carbons (Fsp3) is 0.500. The summed E-state index contributed by atoms with van der Waals surface area (Å²) in [6.07, 6.45) is 1.07. The van der Waals surface area contributed by atoms with Crippen LogP contribution in [0.5, 0.6) is 0 Å². The number of esters is 1. The van der Waals surface area contributed by atoms with Crippen LogP contribution in [0.1, 0.15) is 56.1 Å². The number of anilines is 1. The van der Waals surface area contributed by atoms with Gasteiger partial charge in [-0.1, -0.05) is 13.0 Å². The number of benzene rings is 1. The van der Waals surface area contributed by atoms with E-state index in [0.29, 0.717) is 18.2 Å². The summed E-state index contributed by atoms with van der Waals surface area (Å²) in [4.78, 5) is 14.4. The van der Waals surface area contributed by atoms with Crippen LogP contribution in [0, 0.1) is 0 Å². The Bertz CT molecular complexity index is 766. The number of ether oxygens (including phenoxy) is 1. The van der Waals surface area contributed by atoms with Crippen LogP contribution < -0.4 is 4.90 Å². The van der Waals surface area contributed by atoms with E-state index in [4.69, 9.17) is 4.74 Å². The molecular weight excluding hydrogens is 304 g/mol. The Balaban J connectivity index is 2.03. The van der Waals surface area contributed by atoms with E-state index >= 15 is 0 Å². The van der Waals surface area contributed by atoms with Crippen molar-refractivity contribution in [2.45, 2.75) is 45.6 Å². The maximum atomic E-state index is 12.0. The molecule has 0 fully saturated rings. The average molecular weight is 328 g/mol. The highest BCUT2D eigenvalue weighted by Crippen LogP contribution is 2.43. The molecule has 0 saturated carbocycles. The molecule has 0 amide bonds. The van der Waals surface area contributed by atoms with E-state index in [1.54, 1.807) is 6.92 Å². The fourth-order valence-corrected chi connectivity index (χ4v) is 3.50. The molecule has 0 spiro atoms. The lowest BCUT2D eigenvalue weighted by molar-refractivity contribution is 0.0520. The first kappa shape index (κ1) is 16.5. The van der Waals surface area contributed by atoms with Gasteiger partial charge in [-0.15, -0.1) is 5.10 Å². The number of nitrogens with one attached hydrogen (secondary N) is 1. The van der Waals surface area contributed by atoms with Gasteiger partial charge >= 0.3 is 5.97 Å². The van der Waals surface area contributed by atoms with E-state index in [-0.39, 0.29) is 11.2 Å². The van der Waals surface area contributed by atoms with Crippen molar-refractivity contribution in [3.63, 3.8) is 0 Å². The molecule has 1 N–H and O–H groups in total. The summed E-state index contributed by atoms with van der Waals surface area (Å²) in [7, 11) is 2.13. The predicted molar refractivity (Wildman–Crippen MR) is 93.3 cm³/mol. The average Bonchev–Trinajstić information content (AvgIpc) is 3.02. The van der Waals surface area contributed by atoms with Crippen molar-refractivity contribution in [3.05, 3.63) is 29.5 Å². The lowest BCUT2D eigenvalue weighted by Gasteiger charge is -2.45. The molecule has 0 aliphatic carbocycles. The monoisotopic (exact) mass is 328 g/mol. The number of carbonyl (C=O) groups is 1. The zero-order valence-corrected chi connectivity index (χ0v) is 14.9. The summed E-state index contributed by atoms with van der Waals surface area (Å²) in [6, 6.07) is 6.21. The topological polar surface area (TPSA) is 71.1 Å². The van der Waals surface area contributed by atoms with Crippen LogP contribution in [0.2, 0.25) is 0 Å². The lowest BCUT2D eigenvalue weighted by atomic mass is 9.80. The van der Waals surface area contributed by atoms with Crippen molar-refractivity contribution in [2.75, 3.05) is 18.6 Å². The van der Waals surface area contributed by atoms with Gasteiger partial charge < -0.3 is 9.64 Å². The molecule has 0 bridgehead atoms. The highest BCUT2D eigenvalue weighted by molar-refractivity contribution is 5.94. The van der Waals surface area contributed by atoms with Crippen LogP contribution in [0.4, 0.5) is 5.69 Å². The van der Waals surface area contributed by atoms with Crippen LogP contribution in [0.3, 0.4) is 0 Å². The summed E-state index contributed by atoms with van der Waals surface area (Å²) >= 11 is 0. The van der Waals surface area contributed by atoms with Gasteiger partial charge in [-0.3, -0.25) is 0 Å². The minimum Gasteiger partial charge on any atom is -0.461 e. The summed E-state index contributed by atoms with van der Waals surface area (Å²) in [5.74, 6) is -0.0191. The Morgan fingerprint density at radius 3 is 2.88 bits per heavy atom. The van der Waals surface area contributed by atoms with Gasteiger partial charge in [0.05, 0.1) is 6.61 Å². The first-order valence-corrected chi connectivity index (χ1v) is 8.31. The third-order valence-corrected chi connectivity index (χ3v) is 4.92. The smallest absolute Gasteiger partial charge is 0.361 e. The molecule has 1 aliphatic rings. The summed E-state index contributed by atoms with van der Waals surface area (Å²) in [5.41, 5.74) is 4.27. The Hall–Kier alpha value is -2.37. The van der Waals surface area contributed by atoms with Crippen LogP contribution in [-0.4, -0.2) is 40.6 Å². The molecule has 1 aromatic heterocycles. The van der Waals surface area contributed by atoms with Crippen molar-refractivity contribution in [2.24, 2.45) is 0 Å². The van der Waals surface area contributed by atoms with Crippen LogP contribution >= 0.6 is 0 Å². The Labute approximate surface area is 142 Å². The largest absolute Gasteiger partial charge is 0.461 e. The van der Waals surface area contributed by atoms with Crippen LogP contribution in [-0.2, 0) is 4.74 Å². The molecule has 1 aromatic carbocycles. The molecule has 1 unspecified atom stereocenters. The molecule has 6 heteroatoms. The second kappa shape index (κ2) is 5.92. The number of hydrogen-bond acceptors (Lipinski definition) is 5. The number of aromatic nitrogens is 3. The first-order chi connectivity index (χ1) is 11.3. The van der Waals surface area contributed by atoms with E-state index in [2.05, 4.69) is 60.3 Å². The summed E-state index contributed by atoms with van der Waals surface area (Å²) in [6.45, 7) is 8.85. The van der Waals surface area contributed by atoms with E-state index in [1.807, 2.05) is 6.07 Å². The number of nitrogens with zero attached hydrogens (tertiary/aromatic N) is 3. The Morgan fingerprint density at radius 2 is 2.17 bits per heavy atom. The fourth-order valence-electron chi connectivity index (χ4n) is 3.50. The molecule has 3 rings (SSSR count). The highest BCUT2D eigenvalue weighted by Gasteiger charge is 2.34. The molecule has 2 aromatic rings. The molecule has 0 saturated heterocycles. The van der Waals surface area contributed by atoms with E-state index < -0.39 is 5.97 Å². The second-order valence-electron chi connectivity index (χ2n) is 6.99. The first-order valence-electron chi connectivity index (χ1n) is 8.31. The number of fused-ring (bicyclic) bond motifs is 1. The quantitative estimate of drug-likeness (QED) is 0.875. The Kier molecular flexibility index (Phi) is 4.07. The molecular formula is C18H24N4O2. The van der Waals surface area contributed by atoms with Crippen molar-refractivity contribution in [3.8, 4) is 11.3 Å². The zero-order chi connectivity index (χ0) is 17.5.